The molecule has 6 N–H and O–H groups in total. The van der Waals surface area contributed by atoms with Crippen LogP contribution in [0.2, 0.25) is 0 Å². The number of nitrogens with zero attached hydrogens (tertiary/aromatic N) is 3. The zero-order chi connectivity index (χ0) is 48.9. The number of nitrogens with one attached hydrogen (secondary N) is 1. The summed E-state index contributed by atoms with van der Waals surface area (Å²) in [7, 11) is 5.09. The fourth-order valence-electron chi connectivity index (χ4n) is 10.0. The largest absolute Gasteiger partial charge is 0.459 e. The molecule has 3 aliphatic rings. The van der Waals surface area contributed by atoms with Crippen molar-refractivity contribution >= 4 is 17.6 Å². The lowest BCUT2D eigenvalue weighted by molar-refractivity contribution is -0.384. The van der Waals surface area contributed by atoms with E-state index in [0.717, 1.165) is 0 Å². The number of hydrogen-bond donors (Lipinski definition) is 6. The maximum absolute atomic E-state index is 14.4. The quantitative estimate of drug-likeness (QED) is 0.100. The lowest BCUT2D eigenvalue weighted by Gasteiger charge is -2.49. The van der Waals surface area contributed by atoms with Crippen LogP contribution < -0.4 is 5.32 Å². The number of aliphatic hydroxyl groups is 5. The summed E-state index contributed by atoms with van der Waals surface area (Å²) in [5, 5.41) is 73.1. The van der Waals surface area contributed by atoms with Crippen molar-refractivity contribution in [2.45, 2.75) is 185 Å². The van der Waals surface area contributed by atoms with Crippen molar-refractivity contribution in [3.8, 4) is 0 Å². The van der Waals surface area contributed by atoms with E-state index >= 15 is 0 Å². The Hall–Kier alpha value is -2.92. The Bertz CT molecular complexity index is 1720. The molecule has 372 valence electrons. The molecule has 3 saturated heterocycles. The molecule has 0 spiro atoms. The fraction of sp³-hybridized carbons (Fsp3) is 0.826. The van der Waals surface area contributed by atoms with E-state index in [0.29, 0.717) is 19.5 Å². The van der Waals surface area contributed by atoms with E-state index in [1.54, 1.807) is 55.5 Å². The van der Waals surface area contributed by atoms with Crippen LogP contribution in [0, 0.1) is 27.9 Å². The van der Waals surface area contributed by atoms with Crippen LogP contribution in [-0.4, -0.2) is 183 Å². The number of carbonyl (C=O) groups is 2. The van der Waals surface area contributed by atoms with Crippen molar-refractivity contribution in [3.63, 3.8) is 0 Å². The summed E-state index contributed by atoms with van der Waals surface area (Å²) in [5.41, 5.74) is -4.48. The van der Waals surface area contributed by atoms with Gasteiger partial charge in [-0.3, -0.25) is 24.6 Å². The number of carbonyl (C=O) groups excluding carboxylic acids is 2. The third-order valence-electron chi connectivity index (χ3n) is 14.2. The van der Waals surface area contributed by atoms with E-state index in [-0.39, 0.29) is 43.0 Å². The van der Waals surface area contributed by atoms with Gasteiger partial charge in [0.05, 0.1) is 46.5 Å². The van der Waals surface area contributed by atoms with Gasteiger partial charge in [0, 0.05) is 68.9 Å². The minimum Gasteiger partial charge on any atom is -0.459 e. The minimum atomic E-state index is -1.85. The van der Waals surface area contributed by atoms with Crippen molar-refractivity contribution in [2.24, 2.45) is 17.8 Å². The van der Waals surface area contributed by atoms with E-state index in [9.17, 15) is 45.2 Å². The normalized spacial score (nSPS) is 41.8. The SMILES string of the molecule is CC[C@H]1OC(=O)[C@H](C)[C@@H](O[C@H]2C[C@@](C)(OC)[C@@H](O)[C@H](C)O2)[C@H](C)[C@@H](O[C@@H]2O[C@H](C)C[C@H](N(C)CCNC(=O)c3ccc([N+](=O)[O-])cc3)[C@H]2O)[C@](C)(O)C[C@@H](C)CN(C)[C@H](C)[C@@H](O)[C@]1(C)O. The van der Waals surface area contributed by atoms with Crippen LogP contribution in [0.5, 0.6) is 0 Å². The van der Waals surface area contributed by atoms with Gasteiger partial charge in [0.1, 0.15) is 30.0 Å². The third-order valence-corrected chi connectivity index (χ3v) is 14.2. The molecule has 1 aromatic carbocycles. The van der Waals surface area contributed by atoms with Crippen LogP contribution in [0.3, 0.4) is 0 Å². The molecule has 0 saturated carbocycles. The Labute approximate surface area is 384 Å². The number of likely N-dealkylation sites (N-methyl/N-ethyl adjacent to an activating group) is 2. The molecule has 4 rings (SSSR count). The Morgan fingerprint density at radius 1 is 1.00 bits per heavy atom. The van der Waals surface area contributed by atoms with E-state index in [2.05, 4.69) is 5.32 Å². The van der Waals surface area contributed by atoms with Gasteiger partial charge < -0.3 is 64.2 Å². The second-order valence-corrected chi connectivity index (χ2v) is 19.7. The highest BCUT2D eigenvalue weighted by Gasteiger charge is 2.53. The second-order valence-electron chi connectivity index (χ2n) is 19.7. The van der Waals surface area contributed by atoms with E-state index < -0.39 is 119 Å². The maximum Gasteiger partial charge on any atom is 0.311 e. The number of nitro groups is 1. The zero-order valence-corrected chi connectivity index (χ0v) is 40.6. The summed E-state index contributed by atoms with van der Waals surface area (Å²) in [6.07, 6.45) is -9.64. The number of rotatable bonds is 12. The molecule has 1 amide bonds. The lowest BCUT2D eigenvalue weighted by atomic mass is 9.77. The number of aliphatic hydroxyl groups excluding tert-OH is 3. The first-order chi connectivity index (χ1) is 30.2. The van der Waals surface area contributed by atoms with Crippen LogP contribution in [0.1, 0.15) is 105 Å². The summed E-state index contributed by atoms with van der Waals surface area (Å²) < 4.78 is 37.9. The number of methoxy groups -OCH3 is 1. The van der Waals surface area contributed by atoms with Gasteiger partial charge >= 0.3 is 5.97 Å². The molecule has 65 heavy (non-hydrogen) atoms. The van der Waals surface area contributed by atoms with Crippen LogP contribution in [-0.2, 0) is 33.2 Å². The van der Waals surface area contributed by atoms with Crippen LogP contribution in [0.25, 0.3) is 0 Å². The molecule has 0 aromatic heterocycles. The fourth-order valence-corrected chi connectivity index (χ4v) is 10.0. The number of cyclic esters (lactones) is 1. The number of nitro benzene ring substituents is 1. The van der Waals surface area contributed by atoms with E-state index in [1.165, 1.54) is 38.3 Å². The monoisotopic (exact) mass is 927 g/mol. The highest BCUT2D eigenvalue weighted by molar-refractivity contribution is 5.94. The van der Waals surface area contributed by atoms with Gasteiger partial charge in [-0.1, -0.05) is 20.8 Å². The Kier molecular flexibility index (Phi) is 18.9. The molecule has 0 unspecified atom stereocenters. The second kappa shape index (κ2) is 22.5. The number of benzene rings is 1. The average molecular weight is 927 g/mol. The summed E-state index contributed by atoms with van der Waals surface area (Å²) in [6.45, 7) is 18.1. The first-order valence-electron chi connectivity index (χ1n) is 23.0. The van der Waals surface area contributed by atoms with Gasteiger partial charge in [-0.15, -0.1) is 0 Å². The summed E-state index contributed by atoms with van der Waals surface area (Å²) in [5.74, 6) is -3.33. The number of esters is 1. The molecule has 18 atom stereocenters. The topological polar surface area (TPSA) is 252 Å². The average Bonchev–Trinajstić information content (AvgIpc) is 3.24. The van der Waals surface area contributed by atoms with Gasteiger partial charge in [-0.25, -0.2) is 0 Å². The smallest absolute Gasteiger partial charge is 0.311 e. The molecule has 1 aromatic rings. The molecule has 0 bridgehead atoms. The molecule has 3 heterocycles. The van der Waals surface area contributed by atoms with Gasteiger partial charge in [0.25, 0.3) is 11.6 Å². The van der Waals surface area contributed by atoms with Crippen molar-refractivity contribution < 1.29 is 68.5 Å². The Balaban J connectivity index is 1.70. The predicted octanol–water partition coefficient (Wildman–Crippen LogP) is 2.61. The van der Waals surface area contributed by atoms with Gasteiger partial charge in [-0.2, -0.15) is 0 Å². The van der Waals surface area contributed by atoms with Crippen molar-refractivity contribution in [1.29, 1.82) is 0 Å². The highest BCUT2D eigenvalue weighted by Crippen LogP contribution is 2.40. The molecule has 0 aliphatic carbocycles. The predicted molar refractivity (Wildman–Crippen MR) is 239 cm³/mol. The lowest BCUT2D eigenvalue weighted by Crippen LogP contribution is -2.61. The molecule has 19 heteroatoms. The molecule has 0 radical (unpaired) electrons. The highest BCUT2D eigenvalue weighted by atomic mass is 16.7. The van der Waals surface area contributed by atoms with E-state index in [1.807, 2.05) is 30.7 Å². The number of ether oxygens (including phenoxy) is 6. The number of amides is 1. The van der Waals surface area contributed by atoms with Crippen molar-refractivity contribution in [1.82, 2.24) is 15.1 Å². The molecule has 3 aliphatic heterocycles. The summed E-state index contributed by atoms with van der Waals surface area (Å²) in [4.78, 5) is 41.5. The van der Waals surface area contributed by atoms with Crippen molar-refractivity contribution in [2.75, 3.05) is 40.8 Å². The first-order valence-corrected chi connectivity index (χ1v) is 23.0. The maximum atomic E-state index is 14.4. The number of hydrogen-bond acceptors (Lipinski definition) is 17. The minimum absolute atomic E-state index is 0.0754. The van der Waals surface area contributed by atoms with Gasteiger partial charge in [0.2, 0.25) is 0 Å². The van der Waals surface area contributed by atoms with Crippen LogP contribution >= 0.6 is 0 Å². The Morgan fingerprint density at radius 3 is 2.22 bits per heavy atom. The van der Waals surface area contributed by atoms with Crippen LogP contribution in [0.4, 0.5) is 5.69 Å². The van der Waals surface area contributed by atoms with E-state index in [4.69, 9.17) is 28.4 Å². The summed E-state index contributed by atoms with van der Waals surface area (Å²) >= 11 is 0. The molecule has 3 fully saturated rings. The number of non-ortho nitro benzene ring substituents is 1. The van der Waals surface area contributed by atoms with Crippen LogP contribution in [0.15, 0.2) is 24.3 Å². The summed E-state index contributed by atoms with van der Waals surface area (Å²) in [6, 6.07) is 4.16. The Morgan fingerprint density at radius 2 is 1.63 bits per heavy atom. The molecular weight excluding hydrogens is 849 g/mol. The molecule has 19 nitrogen and oxygen atoms in total. The van der Waals surface area contributed by atoms with Crippen molar-refractivity contribution in [3.05, 3.63) is 39.9 Å². The first kappa shape index (κ1) is 54.7. The third kappa shape index (κ3) is 13.0. The van der Waals surface area contributed by atoms with Gasteiger partial charge in [0.15, 0.2) is 12.6 Å². The van der Waals surface area contributed by atoms with Gasteiger partial charge in [-0.05, 0) is 99.9 Å². The molecular formula is C46H78N4O15. The standard InChI is InChI=1S/C46H78N4O15/c1-14-34-46(10,57)38(52)29(6)49(12)24-25(2)22-44(8,56)40(27(4)37(28(5)42(55)63-34)64-35-23-45(9,60-13)39(53)30(7)62-35)65-43-36(51)33(21-26(3)61-43)48(11)20-19-47-41(54)31-15-17-32(18-16-31)50(58)59/h15-18,25-30,33-40,43,51-53,56-57H,14,19-24H2,1-13H3,(H,47,54)/t25-,26-,27+,28-,29-,30+,33+,34-,35+,36-,37+,38-,39+,40-,43+,44-,45-,46-/m1/s1. The zero-order valence-electron chi connectivity index (χ0n) is 40.6.